The van der Waals surface area contributed by atoms with E-state index in [4.69, 9.17) is 4.74 Å². The van der Waals surface area contributed by atoms with Crippen LogP contribution in [-0.2, 0) is 17.6 Å². The largest absolute Gasteiger partial charge is 0.493 e. The fourth-order valence-corrected chi connectivity index (χ4v) is 2.26. The molecule has 1 aliphatic rings. The molecule has 2 heteroatoms. The number of aryl methyl sites for hydroxylation is 1. The van der Waals surface area contributed by atoms with Crippen LogP contribution in [0.25, 0.3) is 0 Å². The summed E-state index contributed by atoms with van der Waals surface area (Å²) in [5.74, 6) is 2.00. The molecule has 1 aromatic rings. The van der Waals surface area contributed by atoms with Crippen molar-refractivity contribution in [2.75, 3.05) is 6.61 Å². The standard InChI is InChI=1S/C16H22O2/c1-11(2)12(3)15(17)6-4-13-5-7-16-14(10-13)8-9-18-16/h5,7,10-12H,4,6,8-9H2,1-3H3. The summed E-state index contributed by atoms with van der Waals surface area (Å²) in [6.07, 6.45) is 2.50. The van der Waals surface area contributed by atoms with Crippen molar-refractivity contribution in [1.82, 2.24) is 0 Å². The van der Waals surface area contributed by atoms with Crippen molar-refractivity contribution in [3.63, 3.8) is 0 Å². The highest BCUT2D eigenvalue weighted by Gasteiger charge is 2.17. The Hall–Kier alpha value is -1.31. The molecule has 2 rings (SSSR count). The molecule has 0 amide bonds. The fraction of sp³-hybridized carbons (Fsp3) is 0.562. The molecule has 1 heterocycles. The number of carbonyl (C=O) groups excluding carboxylic acids is 1. The van der Waals surface area contributed by atoms with Gasteiger partial charge in [-0.3, -0.25) is 4.79 Å². The van der Waals surface area contributed by atoms with Gasteiger partial charge in [0.05, 0.1) is 6.61 Å². The van der Waals surface area contributed by atoms with Gasteiger partial charge in [0.2, 0.25) is 0 Å². The van der Waals surface area contributed by atoms with Gasteiger partial charge in [-0.1, -0.05) is 32.9 Å². The average Bonchev–Trinajstić information content (AvgIpc) is 2.82. The summed E-state index contributed by atoms with van der Waals surface area (Å²) in [5.41, 5.74) is 2.54. The predicted octanol–water partition coefficient (Wildman–Crippen LogP) is 3.42. The van der Waals surface area contributed by atoms with Crippen molar-refractivity contribution in [3.8, 4) is 5.75 Å². The molecule has 98 valence electrons. The van der Waals surface area contributed by atoms with Crippen LogP contribution in [0.3, 0.4) is 0 Å². The van der Waals surface area contributed by atoms with E-state index in [-0.39, 0.29) is 5.92 Å². The van der Waals surface area contributed by atoms with E-state index in [0.29, 0.717) is 18.1 Å². The summed E-state index contributed by atoms with van der Waals surface area (Å²) in [5, 5.41) is 0. The van der Waals surface area contributed by atoms with E-state index >= 15 is 0 Å². The van der Waals surface area contributed by atoms with E-state index in [1.807, 2.05) is 13.0 Å². The Bertz CT molecular complexity index is 435. The normalized spacial score (nSPS) is 15.3. The van der Waals surface area contributed by atoms with E-state index in [2.05, 4.69) is 26.0 Å². The molecule has 1 atom stereocenters. The molecule has 0 aromatic heterocycles. The van der Waals surface area contributed by atoms with Crippen LogP contribution >= 0.6 is 0 Å². The average molecular weight is 246 g/mol. The molecule has 0 bridgehead atoms. The highest BCUT2D eigenvalue weighted by molar-refractivity contribution is 5.81. The number of Topliss-reactive ketones (excluding diaryl/α,β-unsaturated/α-hetero) is 1. The molecule has 0 saturated heterocycles. The van der Waals surface area contributed by atoms with Gasteiger partial charge >= 0.3 is 0 Å². The van der Waals surface area contributed by atoms with E-state index in [0.717, 1.165) is 25.2 Å². The first-order valence-corrected chi connectivity index (χ1v) is 6.85. The van der Waals surface area contributed by atoms with Crippen LogP contribution in [0.15, 0.2) is 18.2 Å². The maximum atomic E-state index is 12.0. The lowest BCUT2D eigenvalue weighted by Gasteiger charge is -2.14. The van der Waals surface area contributed by atoms with Crippen LogP contribution in [0.1, 0.15) is 38.3 Å². The molecule has 0 spiro atoms. The van der Waals surface area contributed by atoms with Crippen molar-refractivity contribution in [2.24, 2.45) is 11.8 Å². The smallest absolute Gasteiger partial charge is 0.136 e. The number of carbonyl (C=O) groups is 1. The number of hydrogen-bond donors (Lipinski definition) is 0. The minimum absolute atomic E-state index is 0.169. The van der Waals surface area contributed by atoms with Crippen LogP contribution in [-0.4, -0.2) is 12.4 Å². The number of rotatable bonds is 5. The summed E-state index contributed by atoms with van der Waals surface area (Å²) < 4.78 is 5.48. The van der Waals surface area contributed by atoms with Crippen molar-refractivity contribution in [2.45, 2.75) is 40.0 Å². The second kappa shape index (κ2) is 5.55. The van der Waals surface area contributed by atoms with E-state index < -0.39 is 0 Å². The predicted molar refractivity (Wildman–Crippen MR) is 73.0 cm³/mol. The minimum atomic E-state index is 0.169. The van der Waals surface area contributed by atoms with Gasteiger partial charge in [0.25, 0.3) is 0 Å². The fourth-order valence-electron chi connectivity index (χ4n) is 2.26. The minimum Gasteiger partial charge on any atom is -0.493 e. The zero-order chi connectivity index (χ0) is 13.1. The van der Waals surface area contributed by atoms with Gasteiger partial charge in [-0.05, 0) is 29.5 Å². The van der Waals surface area contributed by atoms with Crippen LogP contribution < -0.4 is 4.74 Å². The molecule has 18 heavy (non-hydrogen) atoms. The van der Waals surface area contributed by atoms with Crippen molar-refractivity contribution in [3.05, 3.63) is 29.3 Å². The molecular weight excluding hydrogens is 224 g/mol. The Labute approximate surface area is 109 Å². The molecule has 0 N–H and O–H groups in total. The second-order valence-corrected chi connectivity index (χ2v) is 5.54. The van der Waals surface area contributed by atoms with Gasteiger partial charge in [-0.2, -0.15) is 0 Å². The molecule has 1 unspecified atom stereocenters. The highest BCUT2D eigenvalue weighted by atomic mass is 16.5. The van der Waals surface area contributed by atoms with Crippen LogP contribution in [0, 0.1) is 11.8 Å². The molecule has 1 aliphatic heterocycles. The number of fused-ring (bicyclic) bond motifs is 1. The van der Waals surface area contributed by atoms with Crippen LogP contribution in [0.2, 0.25) is 0 Å². The van der Waals surface area contributed by atoms with Gasteiger partial charge in [0.1, 0.15) is 11.5 Å². The van der Waals surface area contributed by atoms with Gasteiger partial charge in [0, 0.05) is 18.8 Å². The Morgan fingerprint density at radius 2 is 2.11 bits per heavy atom. The Morgan fingerprint density at radius 1 is 1.33 bits per heavy atom. The van der Waals surface area contributed by atoms with E-state index in [9.17, 15) is 4.79 Å². The molecule has 0 aliphatic carbocycles. The summed E-state index contributed by atoms with van der Waals surface area (Å²) in [4.78, 5) is 12.0. The summed E-state index contributed by atoms with van der Waals surface area (Å²) in [6.45, 7) is 7.04. The van der Waals surface area contributed by atoms with Gasteiger partial charge in [0.15, 0.2) is 0 Å². The summed E-state index contributed by atoms with van der Waals surface area (Å²) in [7, 11) is 0. The Kier molecular flexibility index (Phi) is 4.05. The van der Waals surface area contributed by atoms with Crippen molar-refractivity contribution < 1.29 is 9.53 Å². The van der Waals surface area contributed by atoms with Crippen molar-refractivity contribution >= 4 is 5.78 Å². The summed E-state index contributed by atoms with van der Waals surface area (Å²) in [6, 6.07) is 6.31. The molecule has 0 fully saturated rings. The van der Waals surface area contributed by atoms with Crippen LogP contribution in [0.5, 0.6) is 5.75 Å². The van der Waals surface area contributed by atoms with Crippen LogP contribution in [0.4, 0.5) is 0 Å². The summed E-state index contributed by atoms with van der Waals surface area (Å²) >= 11 is 0. The third-order valence-corrected chi connectivity index (χ3v) is 3.92. The zero-order valence-electron chi connectivity index (χ0n) is 11.5. The first-order chi connectivity index (χ1) is 8.58. The third-order valence-electron chi connectivity index (χ3n) is 3.92. The Balaban J connectivity index is 1.93. The Morgan fingerprint density at radius 3 is 2.83 bits per heavy atom. The SMILES string of the molecule is CC(C)C(C)C(=O)CCc1ccc2c(c1)CCO2. The quantitative estimate of drug-likeness (QED) is 0.795. The van der Waals surface area contributed by atoms with Gasteiger partial charge < -0.3 is 4.74 Å². The molecule has 2 nitrogen and oxygen atoms in total. The van der Waals surface area contributed by atoms with E-state index in [1.165, 1.54) is 11.1 Å². The first kappa shape index (κ1) is 13.1. The molecule has 0 radical (unpaired) electrons. The number of hydrogen-bond acceptors (Lipinski definition) is 2. The second-order valence-electron chi connectivity index (χ2n) is 5.54. The lowest BCUT2D eigenvalue weighted by Crippen LogP contribution is -2.17. The maximum absolute atomic E-state index is 12.0. The number of ketones is 1. The maximum Gasteiger partial charge on any atom is 0.136 e. The zero-order valence-corrected chi connectivity index (χ0v) is 11.5. The van der Waals surface area contributed by atoms with Crippen molar-refractivity contribution in [1.29, 1.82) is 0 Å². The number of benzene rings is 1. The first-order valence-electron chi connectivity index (χ1n) is 6.85. The molecular formula is C16H22O2. The van der Waals surface area contributed by atoms with E-state index in [1.54, 1.807) is 0 Å². The monoisotopic (exact) mass is 246 g/mol. The third kappa shape index (κ3) is 2.92. The highest BCUT2D eigenvalue weighted by Crippen LogP contribution is 2.26. The van der Waals surface area contributed by atoms with Gasteiger partial charge in [-0.25, -0.2) is 0 Å². The lowest BCUT2D eigenvalue weighted by atomic mass is 9.90. The number of ether oxygens (including phenoxy) is 1. The lowest BCUT2D eigenvalue weighted by molar-refractivity contribution is -0.123. The van der Waals surface area contributed by atoms with Gasteiger partial charge in [-0.15, -0.1) is 0 Å². The topological polar surface area (TPSA) is 26.3 Å². The molecule has 0 saturated carbocycles. The molecule has 1 aromatic carbocycles.